The van der Waals surface area contributed by atoms with Gasteiger partial charge in [0.2, 0.25) is 0 Å². The summed E-state index contributed by atoms with van der Waals surface area (Å²) >= 11 is 0. The van der Waals surface area contributed by atoms with E-state index in [-0.39, 0.29) is 0 Å². The average Bonchev–Trinajstić information content (AvgIpc) is 2.49. The first-order valence-electron chi connectivity index (χ1n) is 4.12. The van der Waals surface area contributed by atoms with Gasteiger partial charge in [0.15, 0.2) is 0 Å². The van der Waals surface area contributed by atoms with Gasteiger partial charge in [-0.2, -0.15) is 5.48 Å². The van der Waals surface area contributed by atoms with Crippen LogP contribution in [0.2, 0.25) is 0 Å². The van der Waals surface area contributed by atoms with Crippen LogP contribution in [0.3, 0.4) is 0 Å². The van der Waals surface area contributed by atoms with Crippen LogP contribution in [-0.4, -0.2) is 22.2 Å². The number of rotatable bonds is 5. The molecule has 0 atom stereocenters. The molecule has 0 bridgehead atoms. The Bertz CT molecular complexity index is 196. The minimum atomic E-state index is 0.368. The lowest BCUT2D eigenvalue weighted by Gasteiger charge is -2.08. The van der Waals surface area contributed by atoms with Crippen molar-refractivity contribution in [3.8, 4) is 0 Å². The third-order valence-corrected chi connectivity index (χ3v) is 1.33. The van der Waals surface area contributed by atoms with Crippen LogP contribution in [0.4, 0.5) is 0 Å². The van der Waals surface area contributed by atoms with Crippen LogP contribution in [0, 0.1) is 0 Å². The van der Waals surface area contributed by atoms with Gasteiger partial charge in [-0.25, -0.2) is 4.98 Å². The van der Waals surface area contributed by atoms with Crippen molar-refractivity contribution in [1.82, 2.24) is 15.0 Å². The molecule has 0 amide bonds. The lowest BCUT2D eigenvalue weighted by Crippen LogP contribution is -2.24. The molecule has 1 aromatic heterocycles. The third kappa shape index (κ3) is 3.50. The summed E-state index contributed by atoms with van der Waals surface area (Å²) in [5.74, 6) is 0. The van der Waals surface area contributed by atoms with Gasteiger partial charge in [-0.3, -0.25) is 4.84 Å². The van der Waals surface area contributed by atoms with E-state index < -0.39 is 0 Å². The predicted molar refractivity (Wildman–Crippen MR) is 46.5 cm³/mol. The van der Waals surface area contributed by atoms with Crippen molar-refractivity contribution < 1.29 is 4.84 Å². The highest BCUT2D eigenvalue weighted by Gasteiger charge is 1.92. The van der Waals surface area contributed by atoms with Crippen molar-refractivity contribution in [1.29, 1.82) is 0 Å². The monoisotopic (exact) mass is 169 g/mol. The van der Waals surface area contributed by atoms with Crippen molar-refractivity contribution in [3.05, 3.63) is 18.7 Å². The van der Waals surface area contributed by atoms with Crippen molar-refractivity contribution >= 4 is 0 Å². The molecule has 12 heavy (non-hydrogen) atoms. The lowest BCUT2D eigenvalue weighted by atomic mass is 10.4. The standard InChI is InChI=1S/C8H15N3O/c1-8(2)10-12-6-5-11-4-3-9-7-11/h3-4,7-8,10H,5-6H2,1-2H3. The van der Waals surface area contributed by atoms with E-state index in [9.17, 15) is 0 Å². The lowest BCUT2D eigenvalue weighted by molar-refractivity contribution is 0.0193. The number of nitrogens with zero attached hydrogens (tertiary/aromatic N) is 2. The zero-order chi connectivity index (χ0) is 8.81. The van der Waals surface area contributed by atoms with Gasteiger partial charge in [0.1, 0.15) is 0 Å². The van der Waals surface area contributed by atoms with Crippen LogP contribution in [0.1, 0.15) is 13.8 Å². The topological polar surface area (TPSA) is 39.1 Å². The Morgan fingerprint density at radius 2 is 2.42 bits per heavy atom. The number of aromatic nitrogens is 2. The molecule has 0 aliphatic rings. The highest BCUT2D eigenvalue weighted by Crippen LogP contribution is 1.85. The van der Waals surface area contributed by atoms with Gasteiger partial charge >= 0.3 is 0 Å². The van der Waals surface area contributed by atoms with Gasteiger partial charge in [-0.15, -0.1) is 0 Å². The molecule has 1 aromatic rings. The number of hydroxylamine groups is 1. The molecular formula is C8H15N3O. The molecule has 0 aliphatic carbocycles. The van der Waals surface area contributed by atoms with Gasteiger partial charge in [-0.1, -0.05) is 0 Å². The molecule has 0 saturated carbocycles. The van der Waals surface area contributed by atoms with Gasteiger partial charge in [0, 0.05) is 25.0 Å². The van der Waals surface area contributed by atoms with E-state index in [2.05, 4.69) is 10.5 Å². The minimum absolute atomic E-state index is 0.368. The summed E-state index contributed by atoms with van der Waals surface area (Å²) in [6.45, 7) is 5.57. The van der Waals surface area contributed by atoms with E-state index in [1.165, 1.54) is 0 Å². The Balaban J connectivity index is 2.04. The third-order valence-electron chi connectivity index (χ3n) is 1.33. The van der Waals surface area contributed by atoms with Crippen LogP contribution in [-0.2, 0) is 11.4 Å². The Kier molecular flexibility index (Phi) is 3.76. The Morgan fingerprint density at radius 3 is 3.00 bits per heavy atom. The van der Waals surface area contributed by atoms with E-state index in [4.69, 9.17) is 4.84 Å². The summed E-state index contributed by atoms with van der Waals surface area (Å²) in [7, 11) is 0. The summed E-state index contributed by atoms with van der Waals surface area (Å²) < 4.78 is 1.97. The molecule has 0 radical (unpaired) electrons. The number of nitrogens with one attached hydrogen (secondary N) is 1. The summed E-state index contributed by atoms with van der Waals surface area (Å²) in [4.78, 5) is 9.09. The smallest absolute Gasteiger partial charge is 0.0946 e. The van der Waals surface area contributed by atoms with Crippen molar-refractivity contribution in [2.24, 2.45) is 0 Å². The summed E-state index contributed by atoms with van der Waals surface area (Å²) in [5, 5.41) is 0. The molecule has 1 rings (SSSR count). The van der Waals surface area contributed by atoms with E-state index >= 15 is 0 Å². The number of hydrogen-bond acceptors (Lipinski definition) is 3. The first-order valence-corrected chi connectivity index (χ1v) is 4.12. The fourth-order valence-corrected chi connectivity index (χ4v) is 0.796. The molecule has 0 fully saturated rings. The van der Waals surface area contributed by atoms with E-state index in [0.717, 1.165) is 6.54 Å². The zero-order valence-corrected chi connectivity index (χ0v) is 7.53. The second-order valence-electron chi connectivity index (χ2n) is 2.92. The number of hydrogen-bond donors (Lipinski definition) is 1. The van der Waals surface area contributed by atoms with E-state index in [1.54, 1.807) is 12.5 Å². The molecule has 68 valence electrons. The van der Waals surface area contributed by atoms with Crippen LogP contribution < -0.4 is 5.48 Å². The van der Waals surface area contributed by atoms with Gasteiger partial charge in [0.05, 0.1) is 12.9 Å². The van der Waals surface area contributed by atoms with Crippen molar-refractivity contribution in [2.75, 3.05) is 6.61 Å². The molecule has 1 N–H and O–H groups in total. The molecule has 0 spiro atoms. The normalized spacial score (nSPS) is 10.9. The van der Waals surface area contributed by atoms with E-state index in [0.29, 0.717) is 12.6 Å². The van der Waals surface area contributed by atoms with Crippen molar-refractivity contribution in [2.45, 2.75) is 26.4 Å². The molecule has 0 aliphatic heterocycles. The average molecular weight is 169 g/mol. The molecule has 4 heteroatoms. The molecule has 0 unspecified atom stereocenters. The van der Waals surface area contributed by atoms with Gasteiger partial charge < -0.3 is 4.57 Å². The largest absolute Gasteiger partial charge is 0.335 e. The molecule has 4 nitrogen and oxygen atoms in total. The van der Waals surface area contributed by atoms with Crippen molar-refractivity contribution in [3.63, 3.8) is 0 Å². The van der Waals surface area contributed by atoms with Crippen LogP contribution in [0.25, 0.3) is 0 Å². The quantitative estimate of drug-likeness (QED) is 0.523. The second kappa shape index (κ2) is 4.90. The summed E-state index contributed by atoms with van der Waals surface area (Å²) in [6.07, 6.45) is 5.45. The molecular weight excluding hydrogens is 154 g/mol. The minimum Gasteiger partial charge on any atom is -0.335 e. The summed E-state index contributed by atoms with van der Waals surface area (Å²) in [6, 6.07) is 0.368. The molecule has 1 heterocycles. The Labute approximate surface area is 72.5 Å². The second-order valence-corrected chi connectivity index (χ2v) is 2.92. The number of imidazole rings is 1. The summed E-state index contributed by atoms with van der Waals surface area (Å²) in [5.41, 5.74) is 2.87. The maximum absolute atomic E-state index is 5.17. The fraction of sp³-hybridized carbons (Fsp3) is 0.625. The zero-order valence-electron chi connectivity index (χ0n) is 7.53. The van der Waals surface area contributed by atoms with Crippen LogP contribution >= 0.6 is 0 Å². The molecule has 0 aromatic carbocycles. The highest BCUT2D eigenvalue weighted by atomic mass is 16.6. The Morgan fingerprint density at radius 1 is 1.58 bits per heavy atom. The van der Waals surface area contributed by atoms with E-state index in [1.807, 2.05) is 24.6 Å². The van der Waals surface area contributed by atoms with Gasteiger partial charge in [-0.05, 0) is 13.8 Å². The maximum Gasteiger partial charge on any atom is 0.0946 e. The fourth-order valence-electron chi connectivity index (χ4n) is 0.796. The predicted octanol–water partition coefficient (Wildman–Crippen LogP) is 0.813. The van der Waals surface area contributed by atoms with Crippen LogP contribution in [0.15, 0.2) is 18.7 Å². The molecule has 0 saturated heterocycles. The first-order chi connectivity index (χ1) is 5.79. The van der Waals surface area contributed by atoms with Gasteiger partial charge in [0.25, 0.3) is 0 Å². The Hall–Kier alpha value is -0.870. The SMILES string of the molecule is CC(C)NOCCn1ccnc1. The van der Waals surface area contributed by atoms with Crippen LogP contribution in [0.5, 0.6) is 0 Å². The first kappa shape index (κ1) is 9.22. The maximum atomic E-state index is 5.17. The highest BCUT2D eigenvalue weighted by molar-refractivity contribution is 4.73.